The molecule has 1 N–H and O–H groups in total. The molecule has 6 nitrogen and oxygen atoms in total. The molecule has 1 amide bonds. The fraction of sp³-hybridized carbons (Fsp3) is 0.150. The highest BCUT2D eigenvalue weighted by molar-refractivity contribution is 7.14. The number of hydrogen-bond acceptors (Lipinski definition) is 6. The van der Waals surface area contributed by atoms with Gasteiger partial charge in [-0.1, -0.05) is 30.3 Å². The number of esters is 1. The van der Waals surface area contributed by atoms with Crippen LogP contribution in [0.5, 0.6) is 5.75 Å². The largest absolute Gasteiger partial charge is 0.497 e. The smallest absolute Gasteiger partial charge is 0.341 e. The van der Waals surface area contributed by atoms with Gasteiger partial charge in [-0.2, -0.15) is 0 Å². The number of nitrogens with zero attached hydrogens (tertiary/aromatic N) is 1. The van der Waals surface area contributed by atoms with Crippen LogP contribution in [-0.2, 0) is 9.53 Å². The summed E-state index contributed by atoms with van der Waals surface area (Å²) in [5, 5.41) is 4.79. The van der Waals surface area contributed by atoms with Crippen LogP contribution in [0, 0.1) is 5.82 Å². The quantitative estimate of drug-likeness (QED) is 0.629. The first-order valence-corrected chi connectivity index (χ1v) is 9.22. The second-order valence-corrected chi connectivity index (χ2v) is 6.64. The van der Waals surface area contributed by atoms with Gasteiger partial charge in [-0.05, 0) is 19.1 Å². The zero-order valence-corrected chi connectivity index (χ0v) is 16.0. The Morgan fingerprint density at radius 3 is 2.61 bits per heavy atom. The predicted molar refractivity (Wildman–Crippen MR) is 104 cm³/mol. The molecule has 3 aromatic rings. The molecule has 144 valence electrons. The Hall–Kier alpha value is -3.26. The standard InChI is InChI=1S/C20H17FN2O4S/c1-12(27-19(25)15-9-8-14(26-2)10-16(15)21)18(24)23-20-22-17(11-28-20)13-6-4-3-5-7-13/h3-12H,1-2H3,(H,22,23,24)/t12-/m0/s1. The highest BCUT2D eigenvalue weighted by atomic mass is 32.1. The molecule has 28 heavy (non-hydrogen) atoms. The molecule has 0 saturated heterocycles. The van der Waals surface area contributed by atoms with Crippen molar-refractivity contribution in [2.45, 2.75) is 13.0 Å². The van der Waals surface area contributed by atoms with Crippen molar-refractivity contribution in [1.29, 1.82) is 0 Å². The van der Waals surface area contributed by atoms with E-state index in [2.05, 4.69) is 10.3 Å². The lowest BCUT2D eigenvalue weighted by Crippen LogP contribution is -2.30. The Morgan fingerprint density at radius 1 is 1.18 bits per heavy atom. The Balaban J connectivity index is 1.62. The third-order valence-electron chi connectivity index (χ3n) is 3.85. The number of rotatable bonds is 6. The zero-order valence-electron chi connectivity index (χ0n) is 15.1. The summed E-state index contributed by atoms with van der Waals surface area (Å²) in [6, 6.07) is 13.3. The molecular weight excluding hydrogens is 383 g/mol. The number of hydrogen-bond donors (Lipinski definition) is 1. The Bertz CT molecular complexity index is 991. The van der Waals surface area contributed by atoms with Crippen LogP contribution in [0.3, 0.4) is 0 Å². The number of benzene rings is 2. The van der Waals surface area contributed by atoms with Crippen LogP contribution in [0.15, 0.2) is 53.9 Å². The van der Waals surface area contributed by atoms with Crippen molar-refractivity contribution in [2.24, 2.45) is 0 Å². The van der Waals surface area contributed by atoms with E-state index in [0.29, 0.717) is 5.13 Å². The van der Waals surface area contributed by atoms with Crippen molar-refractivity contribution < 1.29 is 23.5 Å². The van der Waals surface area contributed by atoms with Gasteiger partial charge >= 0.3 is 5.97 Å². The minimum absolute atomic E-state index is 0.276. The van der Waals surface area contributed by atoms with Crippen LogP contribution < -0.4 is 10.1 Å². The van der Waals surface area contributed by atoms with Crippen molar-refractivity contribution in [2.75, 3.05) is 12.4 Å². The van der Waals surface area contributed by atoms with E-state index in [1.807, 2.05) is 35.7 Å². The average molecular weight is 400 g/mol. The lowest BCUT2D eigenvalue weighted by molar-refractivity contribution is -0.123. The number of thiazole rings is 1. The summed E-state index contributed by atoms with van der Waals surface area (Å²) in [5.41, 5.74) is 1.38. The summed E-state index contributed by atoms with van der Waals surface area (Å²) < 4.78 is 23.9. The topological polar surface area (TPSA) is 77.5 Å². The molecule has 1 aromatic heterocycles. The molecule has 0 bridgehead atoms. The van der Waals surface area contributed by atoms with Gasteiger partial charge in [0.2, 0.25) is 0 Å². The molecule has 0 aliphatic rings. The van der Waals surface area contributed by atoms with Gasteiger partial charge in [0.15, 0.2) is 11.2 Å². The fourth-order valence-corrected chi connectivity index (χ4v) is 3.07. The fourth-order valence-electron chi connectivity index (χ4n) is 2.35. The maximum absolute atomic E-state index is 14.0. The Labute approximate surface area is 164 Å². The summed E-state index contributed by atoms with van der Waals surface area (Å²) in [6.45, 7) is 1.40. The van der Waals surface area contributed by atoms with E-state index in [1.165, 1.54) is 37.5 Å². The zero-order chi connectivity index (χ0) is 20.1. The number of aromatic nitrogens is 1. The molecule has 2 aromatic carbocycles. The van der Waals surface area contributed by atoms with Crippen molar-refractivity contribution >= 4 is 28.3 Å². The lowest BCUT2D eigenvalue weighted by Gasteiger charge is -2.13. The number of ether oxygens (including phenoxy) is 2. The molecule has 1 heterocycles. The Morgan fingerprint density at radius 2 is 1.93 bits per heavy atom. The summed E-state index contributed by atoms with van der Waals surface area (Å²) in [7, 11) is 1.39. The van der Waals surface area contributed by atoms with Gasteiger partial charge in [0.1, 0.15) is 11.6 Å². The molecule has 1 atom stereocenters. The summed E-state index contributed by atoms with van der Waals surface area (Å²) in [4.78, 5) is 28.7. The molecule has 3 rings (SSSR count). The highest BCUT2D eigenvalue weighted by Crippen LogP contribution is 2.25. The minimum atomic E-state index is -1.13. The number of carbonyl (C=O) groups is 2. The SMILES string of the molecule is COc1ccc(C(=O)O[C@@H](C)C(=O)Nc2nc(-c3ccccc3)cs2)c(F)c1. The maximum atomic E-state index is 14.0. The molecule has 8 heteroatoms. The van der Waals surface area contributed by atoms with Gasteiger partial charge in [0.25, 0.3) is 5.91 Å². The molecule has 0 spiro atoms. The minimum Gasteiger partial charge on any atom is -0.497 e. The van der Waals surface area contributed by atoms with E-state index >= 15 is 0 Å². The van der Waals surface area contributed by atoms with Crippen LogP contribution in [0.25, 0.3) is 11.3 Å². The predicted octanol–water partition coefficient (Wildman–Crippen LogP) is 4.14. The average Bonchev–Trinajstić information content (AvgIpc) is 3.16. The number of nitrogens with one attached hydrogen (secondary N) is 1. The van der Waals surface area contributed by atoms with Gasteiger partial charge < -0.3 is 9.47 Å². The number of halogens is 1. The molecule has 0 aliphatic heterocycles. The third kappa shape index (κ3) is 4.52. The van der Waals surface area contributed by atoms with Gasteiger partial charge in [0.05, 0.1) is 18.4 Å². The van der Waals surface area contributed by atoms with E-state index in [-0.39, 0.29) is 11.3 Å². The van der Waals surface area contributed by atoms with Crippen molar-refractivity contribution in [3.8, 4) is 17.0 Å². The molecule has 0 aliphatic carbocycles. The summed E-state index contributed by atoms with van der Waals surface area (Å²) in [6.07, 6.45) is -1.13. The number of anilines is 1. The summed E-state index contributed by atoms with van der Waals surface area (Å²) in [5.74, 6) is -2.01. The second-order valence-electron chi connectivity index (χ2n) is 5.79. The monoisotopic (exact) mass is 400 g/mol. The highest BCUT2D eigenvalue weighted by Gasteiger charge is 2.22. The second kappa shape index (κ2) is 8.62. The number of amides is 1. The van der Waals surface area contributed by atoms with E-state index < -0.39 is 23.8 Å². The van der Waals surface area contributed by atoms with E-state index in [9.17, 15) is 14.0 Å². The van der Waals surface area contributed by atoms with Crippen molar-refractivity contribution in [3.05, 3.63) is 65.3 Å². The van der Waals surface area contributed by atoms with Crippen molar-refractivity contribution in [3.63, 3.8) is 0 Å². The maximum Gasteiger partial charge on any atom is 0.341 e. The molecule has 0 unspecified atom stereocenters. The molecule has 0 fully saturated rings. The van der Waals surface area contributed by atoms with E-state index in [1.54, 1.807) is 0 Å². The van der Waals surface area contributed by atoms with Crippen LogP contribution in [0.1, 0.15) is 17.3 Å². The molecule has 0 radical (unpaired) electrons. The summed E-state index contributed by atoms with van der Waals surface area (Å²) >= 11 is 1.25. The first-order chi connectivity index (χ1) is 13.5. The molecule has 0 saturated carbocycles. The van der Waals surface area contributed by atoms with Crippen molar-refractivity contribution in [1.82, 2.24) is 4.98 Å². The lowest BCUT2D eigenvalue weighted by atomic mass is 10.2. The molecular formula is C20H17FN2O4S. The van der Waals surface area contributed by atoms with Gasteiger partial charge in [0, 0.05) is 17.0 Å². The van der Waals surface area contributed by atoms with Crippen LogP contribution in [0.2, 0.25) is 0 Å². The first-order valence-electron chi connectivity index (χ1n) is 8.34. The van der Waals surface area contributed by atoms with Gasteiger partial charge in [-0.25, -0.2) is 14.2 Å². The Kier molecular flexibility index (Phi) is 6.00. The van der Waals surface area contributed by atoms with Gasteiger partial charge in [-0.3, -0.25) is 10.1 Å². The number of methoxy groups -OCH3 is 1. The third-order valence-corrected chi connectivity index (χ3v) is 4.61. The first kappa shape index (κ1) is 19.5. The van der Waals surface area contributed by atoms with E-state index in [4.69, 9.17) is 9.47 Å². The van der Waals surface area contributed by atoms with E-state index in [0.717, 1.165) is 17.3 Å². The normalized spacial score (nSPS) is 11.5. The number of carbonyl (C=O) groups excluding carboxylic acids is 2. The van der Waals surface area contributed by atoms with Crippen LogP contribution in [0.4, 0.5) is 9.52 Å². The van der Waals surface area contributed by atoms with Crippen LogP contribution in [-0.4, -0.2) is 30.1 Å². The van der Waals surface area contributed by atoms with Crippen LogP contribution >= 0.6 is 11.3 Å². The van der Waals surface area contributed by atoms with Gasteiger partial charge in [-0.15, -0.1) is 11.3 Å².